The fourth-order valence-corrected chi connectivity index (χ4v) is 1.80. The molecule has 0 radical (unpaired) electrons. The SMILES string of the molecule is Cc1ccc(-c2nncn2C2CC2)cc1F. The Labute approximate surface area is 92.9 Å². The second kappa shape index (κ2) is 3.40. The first-order chi connectivity index (χ1) is 7.75. The van der Waals surface area contributed by atoms with Crippen LogP contribution >= 0.6 is 0 Å². The van der Waals surface area contributed by atoms with Gasteiger partial charge in [-0.05, 0) is 31.4 Å². The molecule has 1 saturated carbocycles. The van der Waals surface area contributed by atoms with Crippen molar-refractivity contribution in [3.05, 3.63) is 35.9 Å². The van der Waals surface area contributed by atoms with Gasteiger partial charge < -0.3 is 4.57 Å². The van der Waals surface area contributed by atoms with Gasteiger partial charge >= 0.3 is 0 Å². The van der Waals surface area contributed by atoms with Crippen LogP contribution in [0.2, 0.25) is 0 Å². The van der Waals surface area contributed by atoms with E-state index in [1.54, 1.807) is 19.3 Å². The van der Waals surface area contributed by atoms with Gasteiger partial charge in [0.1, 0.15) is 12.1 Å². The lowest BCUT2D eigenvalue weighted by molar-refractivity contribution is 0.618. The van der Waals surface area contributed by atoms with E-state index in [0.717, 1.165) is 11.4 Å². The van der Waals surface area contributed by atoms with Crippen molar-refractivity contribution in [1.82, 2.24) is 14.8 Å². The molecule has 1 aliphatic carbocycles. The Morgan fingerprint density at radius 1 is 1.38 bits per heavy atom. The highest BCUT2D eigenvalue weighted by Gasteiger charge is 2.26. The Kier molecular flexibility index (Phi) is 2.02. The van der Waals surface area contributed by atoms with Crippen LogP contribution in [0.3, 0.4) is 0 Å². The maximum absolute atomic E-state index is 13.5. The van der Waals surface area contributed by atoms with E-state index in [1.165, 1.54) is 18.9 Å². The minimum absolute atomic E-state index is 0.192. The third-order valence-corrected chi connectivity index (χ3v) is 2.94. The van der Waals surface area contributed by atoms with E-state index in [4.69, 9.17) is 0 Å². The molecule has 0 spiro atoms. The van der Waals surface area contributed by atoms with E-state index in [-0.39, 0.29) is 5.82 Å². The third kappa shape index (κ3) is 1.50. The molecule has 0 saturated heterocycles. The summed E-state index contributed by atoms with van der Waals surface area (Å²) in [6.07, 6.45) is 4.06. The van der Waals surface area contributed by atoms with Gasteiger partial charge in [0.15, 0.2) is 5.82 Å². The van der Waals surface area contributed by atoms with Crippen molar-refractivity contribution < 1.29 is 4.39 Å². The molecule has 3 nitrogen and oxygen atoms in total. The average Bonchev–Trinajstić information content (AvgIpc) is 3.01. The second-order valence-electron chi connectivity index (χ2n) is 4.26. The van der Waals surface area contributed by atoms with E-state index in [2.05, 4.69) is 10.2 Å². The molecule has 0 unspecified atom stereocenters. The first-order valence-corrected chi connectivity index (χ1v) is 5.42. The van der Waals surface area contributed by atoms with Gasteiger partial charge in [0.05, 0.1) is 0 Å². The standard InChI is InChI=1S/C12H12FN3/c1-8-2-3-9(6-11(8)13)12-15-14-7-16(12)10-4-5-10/h2-3,6-7,10H,4-5H2,1H3. The number of hydrogen-bond donors (Lipinski definition) is 0. The van der Waals surface area contributed by atoms with Crippen LogP contribution in [0.5, 0.6) is 0 Å². The molecule has 16 heavy (non-hydrogen) atoms. The van der Waals surface area contributed by atoms with Gasteiger partial charge in [-0.25, -0.2) is 4.39 Å². The van der Waals surface area contributed by atoms with Crippen molar-refractivity contribution in [2.75, 3.05) is 0 Å². The minimum Gasteiger partial charge on any atom is -0.310 e. The second-order valence-corrected chi connectivity index (χ2v) is 4.26. The van der Waals surface area contributed by atoms with Crippen molar-refractivity contribution in [1.29, 1.82) is 0 Å². The summed E-state index contributed by atoms with van der Waals surface area (Å²) in [5, 5.41) is 7.97. The molecule has 82 valence electrons. The van der Waals surface area contributed by atoms with Gasteiger partial charge in [0, 0.05) is 11.6 Å². The highest BCUT2D eigenvalue weighted by molar-refractivity contribution is 5.56. The van der Waals surface area contributed by atoms with Gasteiger partial charge in [0.2, 0.25) is 0 Å². The fourth-order valence-electron chi connectivity index (χ4n) is 1.80. The Morgan fingerprint density at radius 2 is 2.19 bits per heavy atom. The largest absolute Gasteiger partial charge is 0.310 e. The van der Waals surface area contributed by atoms with Crippen LogP contribution in [0.15, 0.2) is 24.5 Å². The Bertz CT molecular complexity index is 529. The number of aryl methyl sites for hydroxylation is 1. The molecule has 0 bridgehead atoms. The van der Waals surface area contributed by atoms with E-state index >= 15 is 0 Å². The summed E-state index contributed by atoms with van der Waals surface area (Å²) < 4.78 is 15.5. The third-order valence-electron chi connectivity index (χ3n) is 2.94. The first kappa shape index (κ1) is 9.51. The predicted molar refractivity (Wildman–Crippen MR) is 58.4 cm³/mol. The molecule has 4 heteroatoms. The van der Waals surface area contributed by atoms with Gasteiger partial charge in [-0.3, -0.25) is 0 Å². The molecule has 1 aromatic carbocycles. The number of hydrogen-bond acceptors (Lipinski definition) is 2. The number of aromatic nitrogens is 3. The molecule has 0 amide bonds. The zero-order valence-corrected chi connectivity index (χ0v) is 9.02. The smallest absolute Gasteiger partial charge is 0.164 e. The number of nitrogens with zero attached hydrogens (tertiary/aromatic N) is 3. The first-order valence-electron chi connectivity index (χ1n) is 5.42. The summed E-state index contributed by atoms with van der Waals surface area (Å²) >= 11 is 0. The minimum atomic E-state index is -0.192. The molecule has 1 aliphatic rings. The van der Waals surface area contributed by atoms with Crippen molar-refractivity contribution in [2.45, 2.75) is 25.8 Å². The normalized spacial score (nSPS) is 15.4. The summed E-state index contributed by atoms with van der Waals surface area (Å²) in [7, 11) is 0. The van der Waals surface area contributed by atoms with Crippen LogP contribution in [0.4, 0.5) is 4.39 Å². The van der Waals surface area contributed by atoms with Crippen molar-refractivity contribution >= 4 is 0 Å². The van der Waals surface area contributed by atoms with Crippen LogP contribution in [-0.4, -0.2) is 14.8 Å². The van der Waals surface area contributed by atoms with Crippen molar-refractivity contribution in [2.24, 2.45) is 0 Å². The van der Waals surface area contributed by atoms with Crippen molar-refractivity contribution in [3.63, 3.8) is 0 Å². The van der Waals surface area contributed by atoms with Crippen LogP contribution < -0.4 is 0 Å². The maximum atomic E-state index is 13.5. The highest BCUT2D eigenvalue weighted by Crippen LogP contribution is 2.37. The molecule has 3 rings (SSSR count). The van der Waals surface area contributed by atoms with Gasteiger partial charge in [-0.15, -0.1) is 10.2 Å². The van der Waals surface area contributed by atoms with E-state index < -0.39 is 0 Å². The molecule has 2 aromatic rings. The lowest BCUT2D eigenvalue weighted by Gasteiger charge is -2.05. The Hall–Kier alpha value is -1.71. The summed E-state index contributed by atoms with van der Waals surface area (Å²) in [4.78, 5) is 0. The zero-order chi connectivity index (χ0) is 11.1. The molecule has 1 fully saturated rings. The average molecular weight is 217 g/mol. The van der Waals surface area contributed by atoms with Crippen LogP contribution in [0.1, 0.15) is 24.4 Å². The molecule has 1 aromatic heterocycles. The summed E-state index contributed by atoms with van der Waals surface area (Å²) in [5.41, 5.74) is 1.45. The molecule has 0 aliphatic heterocycles. The Balaban J connectivity index is 2.07. The lowest BCUT2D eigenvalue weighted by Crippen LogP contribution is -1.96. The van der Waals surface area contributed by atoms with Gasteiger partial charge in [-0.1, -0.05) is 12.1 Å². The molecule has 0 N–H and O–H groups in total. The van der Waals surface area contributed by atoms with Crippen molar-refractivity contribution in [3.8, 4) is 11.4 Å². The lowest BCUT2D eigenvalue weighted by atomic mass is 10.1. The number of halogens is 1. The van der Waals surface area contributed by atoms with E-state index in [0.29, 0.717) is 11.6 Å². The van der Waals surface area contributed by atoms with Gasteiger partial charge in [0.25, 0.3) is 0 Å². The summed E-state index contributed by atoms with van der Waals surface area (Å²) in [6, 6.07) is 5.70. The number of benzene rings is 1. The molecule has 0 atom stereocenters. The van der Waals surface area contributed by atoms with Crippen LogP contribution in [0.25, 0.3) is 11.4 Å². The molecular weight excluding hydrogens is 205 g/mol. The molecular formula is C12H12FN3. The quantitative estimate of drug-likeness (QED) is 0.774. The summed E-state index contributed by atoms with van der Waals surface area (Å²) in [5.74, 6) is 0.573. The molecule has 1 heterocycles. The maximum Gasteiger partial charge on any atom is 0.164 e. The topological polar surface area (TPSA) is 30.7 Å². The van der Waals surface area contributed by atoms with Crippen LogP contribution in [-0.2, 0) is 0 Å². The van der Waals surface area contributed by atoms with Crippen LogP contribution in [0, 0.1) is 12.7 Å². The summed E-state index contributed by atoms with van der Waals surface area (Å²) in [6.45, 7) is 1.75. The zero-order valence-electron chi connectivity index (χ0n) is 9.02. The van der Waals surface area contributed by atoms with Gasteiger partial charge in [-0.2, -0.15) is 0 Å². The predicted octanol–water partition coefficient (Wildman–Crippen LogP) is 2.73. The number of rotatable bonds is 2. The van der Waals surface area contributed by atoms with E-state index in [9.17, 15) is 4.39 Å². The monoisotopic (exact) mass is 217 g/mol. The Morgan fingerprint density at radius 3 is 2.88 bits per heavy atom. The fraction of sp³-hybridized carbons (Fsp3) is 0.333. The van der Waals surface area contributed by atoms with E-state index in [1.807, 2.05) is 10.6 Å². The highest BCUT2D eigenvalue weighted by atomic mass is 19.1.